The molecule has 0 N–H and O–H groups in total. The topological polar surface area (TPSA) is 74.7 Å². The molecule has 0 spiro atoms. The molecule has 7 heteroatoms. The van der Waals surface area contributed by atoms with Crippen LogP contribution in [0.25, 0.3) is 0 Å². The van der Waals surface area contributed by atoms with E-state index in [1.165, 1.54) is 0 Å². The van der Waals surface area contributed by atoms with Gasteiger partial charge in [-0.25, -0.2) is 14.6 Å². The Labute approximate surface area is 160 Å². The number of aromatic nitrogens is 1. The normalized spacial score (nSPS) is 10.3. The predicted octanol–water partition coefficient (Wildman–Crippen LogP) is 4.47. The average molecular weight is 383 g/mol. The van der Waals surface area contributed by atoms with E-state index in [0.29, 0.717) is 22.8 Å². The molecule has 27 heavy (non-hydrogen) atoms. The maximum absolute atomic E-state index is 12.3. The Hall–Kier alpha value is -3.19. The summed E-state index contributed by atoms with van der Waals surface area (Å²) in [7, 11) is 0. The molecule has 0 aliphatic heterocycles. The Bertz CT molecular complexity index is 923. The Morgan fingerprint density at radius 1 is 0.963 bits per heavy atom. The highest BCUT2D eigenvalue weighted by Gasteiger charge is 2.14. The van der Waals surface area contributed by atoms with Crippen molar-refractivity contribution in [1.82, 2.24) is 4.98 Å². The third-order valence-corrected chi connectivity index (χ3v) is 4.27. The van der Waals surface area contributed by atoms with Gasteiger partial charge in [-0.2, -0.15) is 0 Å². The molecule has 2 aromatic carbocycles. The first-order chi connectivity index (χ1) is 13.2. The van der Waals surface area contributed by atoms with Gasteiger partial charge in [-0.1, -0.05) is 24.3 Å². The molecule has 0 saturated heterocycles. The minimum absolute atomic E-state index is 0.0293. The number of hydrogen-bond acceptors (Lipinski definition) is 7. The van der Waals surface area contributed by atoms with Crippen LogP contribution in [-0.2, 0) is 16.1 Å². The van der Waals surface area contributed by atoms with Crippen molar-refractivity contribution in [3.63, 3.8) is 0 Å². The van der Waals surface area contributed by atoms with Gasteiger partial charge in [-0.15, -0.1) is 11.3 Å². The fourth-order valence-corrected chi connectivity index (χ4v) is 2.89. The van der Waals surface area contributed by atoms with Gasteiger partial charge >= 0.3 is 11.9 Å². The van der Waals surface area contributed by atoms with Crippen LogP contribution in [0.4, 0.5) is 0 Å². The van der Waals surface area contributed by atoms with Crippen LogP contribution in [0, 0.1) is 0 Å². The molecule has 3 rings (SSSR count). The smallest absolute Gasteiger partial charge is 0.367 e. The molecule has 1 aromatic heterocycles. The van der Waals surface area contributed by atoms with E-state index in [0.717, 1.165) is 11.3 Å². The van der Waals surface area contributed by atoms with Crippen molar-refractivity contribution in [1.29, 1.82) is 0 Å². The maximum atomic E-state index is 12.3. The fraction of sp³-hybridized carbons (Fsp3) is 0.150. The van der Waals surface area contributed by atoms with Crippen LogP contribution in [0.5, 0.6) is 11.5 Å². The van der Waals surface area contributed by atoms with Gasteiger partial charge in [-0.3, -0.25) is 0 Å². The van der Waals surface area contributed by atoms with Crippen molar-refractivity contribution in [3.05, 3.63) is 76.2 Å². The van der Waals surface area contributed by atoms with Gasteiger partial charge < -0.3 is 14.2 Å². The zero-order valence-electron chi connectivity index (χ0n) is 14.6. The summed E-state index contributed by atoms with van der Waals surface area (Å²) in [6, 6.07) is 16.0. The number of carbonyl (C=O) groups is 2. The lowest BCUT2D eigenvalue weighted by molar-refractivity contribution is 0.0468. The monoisotopic (exact) mass is 383 g/mol. The van der Waals surface area contributed by atoms with E-state index in [9.17, 15) is 9.59 Å². The number of rotatable bonds is 7. The van der Waals surface area contributed by atoms with Gasteiger partial charge in [0.05, 0.1) is 17.9 Å². The van der Waals surface area contributed by atoms with Gasteiger partial charge in [0.25, 0.3) is 0 Å². The van der Waals surface area contributed by atoms with E-state index in [2.05, 4.69) is 4.98 Å². The summed E-state index contributed by atoms with van der Waals surface area (Å²) in [5.74, 6) is 0.232. The van der Waals surface area contributed by atoms with E-state index in [1.807, 2.05) is 30.3 Å². The predicted molar refractivity (Wildman–Crippen MR) is 100 cm³/mol. The van der Waals surface area contributed by atoms with Crippen molar-refractivity contribution < 1.29 is 23.8 Å². The summed E-state index contributed by atoms with van der Waals surface area (Å²) in [5.41, 5.74) is 0.859. The quantitative estimate of drug-likeness (QED) is 0.561. The third-order valence-electron chi connectivity index (χ3n) is 3.40. The molecule has 6 nitrogen and oxygen atoms in total. The largest absolute Gasteiger partial charge is 0.461 e. The van der Waals surface area contributed by atoms with Crippen LogP contribution < -0.4 is 4.74 Å². The zero-order valence-corrected chi connectivity index (χ0v) is 15.4. The van der Waals surface area contributed by atoms with Gasteiger partial charge in [-0.05, 0) is 37.3 Å². The average Bonchev–Trinajstić information content (AvgIpc) is 3.16. The van der Waals surface area contributed by atoms with Gasteiger partial charge in [0.2, 0.25) is 5.01 Å². The van der Waals surface area contributed by atoms with E-state index in [4.69, 9.17) is 14.2 Å². The van der Waals surface area contributed by atoms with Crippen molar-refractivity contribution in [2.75, 3.05) is 6.61 Å². The minimum Gasteiger partial charge on any atom is -0.461 e. The molecule has 0 saturated carbocycles. The van der Waals surface area contributed by atoms with E-state index in [1.54, 1.807) is 36.6 Å². The summed E-state index contributed by atoms with van der Waals surface area (Å²) in [6.45, 7) is 1.98. The molecule has 0 atom stereocenters. The lowest BCUT2D eigenvalue weighted by atomic mass is 10.2. The second-order valence-electron chi connectivity index (χ2n) is 5.38. The van der Waals surface area contributed by atoms with Gasteiger partial charge in [0, 0.05) is 5.38 Å². The summed E-state index contributed by atoms with van der Waals surface area (Å²) < 4.78 is 15.9. The van der Waals surface area contributed by atoms with Crippen LogP contribution in [-0.4, -0.2) is 23.5 Å². The van der Waals surface area contributed by atoms with Crippen LogP contribution in [0.3, 0.4) is 0 Å². The maximum Gasteiger partial charge on any atom is 0.367 e. The lowest BCUT2D eigenvalue weighted by Crippen LogP contribution is -2.07. The highest BCUT2D eigenvalue weighted by molar-refractivity contribution is 7.11. The zero-order chi connectivity index (χ0) is 19.1. The molecule has 138 valence electrons. The molecule has 0 amide bonds. The summed E-state index contributed by atoms with van der Waals surface area (Å²) >= 11 is 1.15. The number of esters is 2. The van der Waals surface area contributed by atoms with Crippen molar-refractivity contribution in [2.45, 2.75) is 13.5 Å². The van der Waals surface area contributed by atoms with Crippen LogP contribution >= 0.6 is 11.3 Å². The third kappa shape index (κ3) is 5.15. The van der Waals surface area contributed by atoms with Crippen molar-refractivity contribution >= 4 is 23.3 Å². The number of carbonyl (C=O) groups excluding carboxylic acids is 2. The van der Waals surface area contributed by atoms with E-state index in [-0.39, 0.29) is 18.2 Å². The van der Waals surface area contributed by atoms with Crippen molar-refractivity contribution in [3.8, 4) is 11.5 Å². The first kappa shape index (κ1) is 18.6. The summed E-state index contributed by atoms with van der Waals surface area (Å²) in [4.78, 5) is 28.0. The molecule has 0 aliphatic rings. The molecule has 0 unspecified atom stereocenters. The summed E-state index contributed by atoms with van der Waals surface area (Å²) in [6.07, 6.45) is 0. The Morgan fingerprint density at radius 2 is 1.74 bits per heavy atom. The fourth-order valence-electron chi connectivity index (χ4n) is 2.19. The SMILES string of the molecule is CCOC(=O)c1nc(COC(=O)c2cccc(Oc3ccccc3)c2)cs1. The number of benzene rings is 2. The molecule has 0 radical (unpaired) electrons. The van der Waals surface area contributed by atoms with Crippen LogP contribution in [0.1, 0.15) is 32.8 Å². The number of para-hydroxylation sites is 1. The molecule has 0 fully saturated rings. The van der Waals surface area contributed by atoms with Crippen LogP contribution in [0.2, 0.25) is 0 Å². The molecule has 3 aromatic rings. The Balaban J connectivity index is 1.60. The van der Waals surface area contributed by atoms with Crippen LogP contribution in [0.15, 0.2) is 60.0 Å². The molecule has 0 bridgehead atoms. The number of nitrogens with zero attached hydrogens (tertiary/aromatic N) is 1. The first-order valence-electron chi connectivity index (χ1n) is 8.27. The number of ether oxygens (including phenoxy) is 3. The van der Waals surface area contributed by atoms with Gasteiger partial charge in [0.15, 0.2) is 0 Å². The minimum atomic E-state index is -0.501. The first-order valence-corrected chi connectivity index (χ1v) is 9.15. The van der Waals surface area contributed by atoms with Crippen molar-refractivity contribution in [2.24, 2.45) is 0 Å². The van der Waals surface area contributed by atoms with Gasteiger partial charge in [0.1, 0.15) is 18.1 Å². The second-order valence-corrected chi connectivity index (χ2v) is 6.24. The number of thiazole rings is 1. The number of hydrogen-bond donors (Lipinski definition) is 0. The Morgan fingerprint density at radius 3 is 2.52 bits per heavy atom. The summed E-state index contributed by atoms with van der Waals surface area (Å²) in [5, 5.41) is 1.90. The molecule has 0 aliphatic carbocycles. The van der Waals surface area contributed by atoms with E-state index >= 15 is 0 Å². The second kappa shape index (κ2) is 8.95. The highest BCUT2D eigenvalue weighted by Crippen LogP contribution is 2.22. The lowest BCUT2D eigenvalue weighted by Gasteiger charge is -2.07. The highest BCUT2D eigenvalue weighted by atomic mass is 32.1. The van der Waals surface area contributed by atoms with E-state index < -0.39 is 11.9 Å². The molecular formula is C20H17NO5S. The molecular weight excluding hydrogens is 366 g/mol. The molecule has 1 heterocycles. The Kier molecular flexibility index (Phi) is 6.17. The standard InChI is InChI=1S/C20H17NO5S/c1-2-24-20(23)18-21-15(13-27-18)12-25-19(22)14-7-6-10-17(11-14)26-16-8-4-3-5-9-16/h3-11,13H,2,12H2,1H3.